The monoisotopic (exact) mass is 730 g/mol. The zero-order valence-electron chi connectivity index (χ0n) is 32.6. The fraction of sp³-hybridized carbons (Fsp3) is 0.512. The quantitative estimate of drug-likeness (QED) is 0.185. The van der Waals surface area contributed by atoms with Crippen LogP contribution in [0.5, 0.6) is 0 Å². The van der Waals surface area contributed by atoms with Crippen molar-refractivity contribution in [3.05, 3.63) is 90.0 Å². The maximum Gasteiger partial charge on any atom is 0.416 e. The van der Waals surface area contributed by atoms with Crippen LogP contribution in [0.25, 0.3) is 0 Å². The number of esters is 1. The fourth-order valence-electron chi connectivity index (χ4n) is 7.34. The van der Waals surface area contributed by atoms with E-state index in [1.807, 2.05) is 32.9 Å². The van der Waals surface area contributed by atoms with Gasteiger partial charge < -0.3 is 23.6 Å². The smallest absolute Gasteiger partial charge is 0.416 e. The number of amides is 1. The number of nitrogens with one attached hydrogen (secondary N) is 1. The number of anilines is 1. The summed E-state index contributed by atoms with van der Waals surface area (Å²) in [7, 11) is -3.85. The van der Waals surface area contributed by atoms with Gasteiger partial charge in [0, 0.05) is 18.0 Å². The van der Waals surface area contributed by atoms with E-state index in [1.165, 1.54) is 17.5 Å². The molecule has 2 heterocycles. The Labute approximate surface area is 307 Å². The van der Waals surface area contributed by atoms with Crippen molar-refractivity contribution in [3.63, 3.8) is 0 Å². The third-order valence-corrected chi connectivity index (χ3v) is 20.2. The summed E-state index contributed by atoms with van der Waals surface area (Å²) in [6, 6.07) is 26.5. The number of rotatable bonds is 8. The number of nitrogens with zero attached hydrogens (tertiary/aromatic N) is 1. The third-order valence-electron chi connectivity index (χ3n) is 10.8. The molecule has 0 spiro atoms. The zero-order valence-corrected chi connectivity index (χ0v) is 34.6. The Kier molecular flexibility index (Phi) is 10.9. The Bertz CT molecular complexity index is 1660. The second kappa shape index (κ2) is 14.3. The number of fused-ring (bicyclic) bond motifs is 3. The summed E-state index contributed by atoms with van der Waals surface area (Å²) in [6.07, 6.45) is -0.361. The Morgan fingerprint density at radius 3 is 1.88 bits per heavy atom. The Hall–Kier alpha value is -3.29. The van der Waals surface area contributed by atoms with Gasteiger partial charge in [-0.1, -0.05) is 102 Å². The molecular formula is C41H58N2O6Si2. The molecule has 3 aromatic rings. The molecule has 5 rings (SSSR count). The molecule has 8 nitrogen and oxygen atoms in total. The van der Waals surface area contributed by atoms with Gasteiger partial charge in [0.1, 0.15) is 11.8 Å². The molecule has 4 atom stereocenters. The van der Waals surface area contributed by atoms with Crippen LogP contribution in [0.4, 0.5) is 10.5 Å². The SMILES string of the molecule is COC(=O)c1ccc2c(c1)[C@@H]1N[C@@H](CO[Si](c3ccccc3)(c3ccccc3)C(C)(C)C)C[C@@H]1[C@@H](O[Si](C)(C)C(C)(C)C)N2C(=O)OC(C)(C)C. The maximum absolute atomic E-state index is 14.3. The summed E-state index contributed by atoms with van der Waals surface area (Å²) in [5.74, 6) is -0.567. The Balaban J connectivity index is 1.61. The van der Waals surface area contributed by atoms with E-state index in [4.69, 9.17) is 18.3 Å². The van der Waals surface area contributed by atoms with Crippen molar-refractivity contribution in [1.82, 2.24) is 5.32 Å². The largest absolute Gasteiger partial charge is 0.465 e. The molecule has 2 aliphatic rings. The van der Waals surface area contributed by atoms with Gasteiger partial charge in [-0.15, -0.1) is 0 Å². The highest BCUT2D eigenvalue weighted by atomic mass is 28.4. The van der Waals surface area contributed by atoms with E-state index in [0.717, 1.165) is 5.56 Å². The minimum atomic E-state index is -2.81. The molecule has 10 heteroatoms. The van der Waals surface area contributed by atoms with Crippen LogP contribution in [-0.2, 0) is 18.3 Å². The maximum atomic E-state index is 14.3. The molecule has 0 bridgehead atoms. The van der Waals surface area contributed by atoms with Gasteiger partial charge in [0.05, 0.1) is 25.0 Å². The summed E-state index contributed by atoms with van der Waals surface area (Å²) in [6.45, 7) is 24.0. The molecule has 2 aliphatic heterocycles. The van der Waals surface area contributed by atoms with E-state index >= 15 is 0 Å². The first kappa shape index (κ1) is 38.9. The van der Waals surface area contributed by atoms with Gasteiger partial charge in [-0.3, -0.25) is 4.90 Å². The summed E-state index contributed by atoms with van der Waals surface area (Å²) < 4.78 is 25.8. The number of methoxy groups -OCH3 is 1. The van der Waals surface area contributed by atoms with Crippen molar-refractivity contribution >= 4 is 44.8 Å². The molecule has 0 aliphatic carbocycles. The average molecular weight is 731 g/mol. The number of carbonyl (C=O) groups excluding carboxylic acids is 2. The number of benzene rings is 3. The van der Waals surface area contributed by atoms with Crippen LogP contribution in [0, 0.1) is 5.92 Å². The Morgan fingerprint density at radius 1 is 0.824 bits per heavy atom. The van der Waals surface area contributed by atoms with E-state index in [-0.39, 0.29) is 28.1 Å². The summed E-state index contributed by atoms with van der Waals surface area (Å²) in [5, 5.41) is 6.09. The van der Waals surface area contributed by atoms with E-state index < -0.39 is 40.5 Å². The molecule has 0 unspecified atom stereocenters. The van der Waals surface area contributed by atoms with Gasteiger partial charge in [0.25, 0.3) is 8.32 Å². The van der Waals surface area contributed by atoms with Crippen LogP contribution in [0.3, 0.4) is 0 Å². The van der Waals surface area contributed by atoms with E-state index in [1.54, 1.807) is 11.0 Å². The molecule has 276 valence electrons. The number of hydrogen-bond donors (Lipinski definition) is 1. The minimum absolute atomic E-state index is 0.0552. The molecule has 0 radical (unpaired) electrons. The highest BCUT2D eigenvalue weighted by molar-refractivity contribution is 6.99. The van der Waals surface area contributed by atoms with Crippen molar-refractivity contribution in [2.45, 2.75) is 116 Å². The van der Waals surface area contributed by atoms with E-state index in [9.17, 15) is 9.59 Å². The van der Waals surface area contributed by atoms with E-state index in [0.29, 0.717) is 24.3 Å². The van der Waals surface area contributed by atoms with Gasteiger partial charge in [0.15, 0.2) is 8.32 Å². The average Bonchev–Trinajstić information content (AvgIpc) is 3.48. The predicted molar refractivity (Wildman–Crippen MR) is 210 cm³/mol. The molecular weight excluding hydrogens is 673 g/mol. The van der Waals surface area contributed by atoms with Crippen LogP contribution in [0.15, 0.2) is 78.9 Å². The van der Waals surface area contributed by atoms with Crippen LogP contribution < -0.4 is 20.6 Å². The molecule has 51 heavy (non-hydrogen) atoms. The van der Waals surface area contributed by atoms with Crippen molar-refractivity contribution in [1.29, 1.82) is 0 Å². The first-order valence-electron chi connectivity index (χ1n) is 18.1. The van der Waals surface area contributed by atoms with Crippen LogP contribution >= 0.6 is 0 Å². The number of hydrogen-bond acceptors (Lipinski definition) is 7. The fourth-order valence-corrected chi connectivity index (χ4v) is 13.2. The highest BCUT2D eigenvalue weighted by Gasteiger charge is 2.55. The lowest BCUT2D eigenvalue weighted by Gasteiger charge is -2.48. The molecule has 0 saturated carbocycles. The first-order valence-corrected chi connectivity index (χ1v) is 23.0. The topological polar surface area (TPSA) is 86.3 Å². The van der Waals surface area contributed by atoms with Gasteiger partial charge in [-0.05, 0) is 84.5 Å². The van der Waals surface area contributed by atoms with Crippen molar-refractivity contribution in [2.75, 3.05) is 18.6 Å². The number of ether oxygens (including phenoxy) is 2. The molecule has 0 aromatic heterocycles. The molecule has 3 aromatic carbocycles. The molecule has 1 N–H and O–H groups in total. The lowest BCUT2D eigenvalue weighted by Crippen LogP contribution is -2.67. The van der Waals surface area contributed by atoms with E-state index in [2.05, 4.69) is 121 Å². The standard InChI is InChI=1S/C41H58N2O6Si2/c1-39(2,3)48-38(45)43-34-24-23-28(37(44)46-10)25-32(34)35-33(36(43)49-50(11,12)40(4,5)6)26-29(42-35)27-47-51(41(7,8)9,30-19-15-13-16-20-30)31-21-17-14-18-22-31/h13-25,29,33,35-36,42H,26-27H2,1-12H3/t29-,33+,35+,36-/m1/s1. The van der Waals surface area contributed by atoms with Gasteiger partial charge in [-0.25, -0.2) is 9.59 Å². The van der Waals surface area contributed by atoms with Crippen molar-refractivity contribution in [3.8, 4) is 0 Å². The van der Waals surface area contributed by atoms with Crippen LogP contribution in [-0.4, -0.2) is 60.3 Å². The summed E-state index contributed by atoms with van der Waals surface area (Å²) in [4.78, 5) is 28.8. The van der Waals surface area contributed by atoms with Crippen molar-refractivity contribution in [2.24, 2.45) is 5.92 Å². The van der Waals surface area contributed by atoms with Gasteiger partial charge in [0.2, 0.25) is 0 Å². The first-order chi connectivity index (χ1) is 23.7. The second-order valence-electron chi connectivity index (χ2n) is 17.6. The second-order valence-corrected chi connectivity index (χ2v) is 26.7. The molecule has 1 amide bonds. The Morgan fingerprint density at radius 2 is 1.39 bits per heavy atom. The zero-order chi connectivity index (χ0) is 37.6. The normalized spacial score (nSPS) is 21.1. The van der Waals surface area contributed by atoms with Crippen LogP contribution in [0.2, 0.25) is 23.2 Å². The molecule has 1 fully saturated rings. The summed E-state index contributed by atoms with van der Waals surface area (Å²) in [5.41, 5.74) is 1.22. The predicted octanol–water partition coefficient (Wildman–Crippen LogP) is 8.17. The van der Waals surface area contributed by atoms with Gasteiger partial charge >= 0.3 is 12.1 Å². The summed E-state index contributed by atoms with van der Waals surface area (Å²) >= 11 is 0. The van der Waals surface area contributed by atoms with Gasteiger partial charge in [-0.2, -0.15) is 0 Å². The van der Waals surface area contributed by atoms with Crippen LogP contribution in [0.1, 0.15) is 90.7 Å². The minimum Gasteiger partial charge on any atom is -0.465 e. The lowest BCUT2D eigenvalue weighted by molar-refractivity contribution is 0.0366. The number of carbonyl (C=O) groups is 2. The lowest BCUT2D eigenvalue weighted by atomic mass is 9.85. The van der Waals surface area contributed by atoms with Crippen molar-refractivity contribution < 1.29 is 27.9 Å². The molecule has 1 saturated heterocycles. The highest BCUT2D eigenvalue weighted by Crippen LogP contribution is 2.50. The third kappa shape index (κ3) is 7.76.